The molecule has 2 aromatic rings. The van der Waals surface area contributed by atoms with Crippen molar-refractivity contribution in [3.8, 4) is 0 Å². The summed E-state index contributed by atoms with van der Waals surface area (Å²) in [5, 5.41) is 0. The van der Waals surface area contributed by atoms with E-state index in [4.69, 9.17) is 5.73 Å². The second kappa shape index (κ2) is 10.1. The maximum Gasteiger partial charge on any atom is 0.433 e. The molecule has 2 saturated heterocycles. The molecule has 3 heterocycles. The number of hydrogen-bond acceptors (Lipinski definition) is 4. The molecule has 1 aliphatic carbocycles. The van der Waals surface area contributed by atoms with Crippen molar-refractivity contribution in [1.29, 1.82) is 0 Å². The van der Waals surface area contributed by atoms with Crippen LogP contribution in [0.1, 0.15) is 62.2 Å². The number of aromatic nitrogens is 2. The van der Waals surface area contributed by atoms with Crippen LogP contribution in [-0.4, -0.2) is 51.1 Å². The maximum atomic E-state index is 13.9. The highest BCUT2D eigenvalue weighted by Gasteiger charge is 2.47. The Hall–Kier alpha value is -2.88. The SMILES string of the molecule is N[C@@H]1CCN(C(=O)N2CCC(Cn3cnc(C(F)(F)F)cc3=O)C3(CCCC3)C2)[C@H](c2ccccc2)C1. The van der Waals surface area contributed by atoms with Crippen LogP contribution in [-0.2, 0) is 12.7 Å². The minimum atomic E-state index is -4.65. The monoisotopic (exact) mass is 517 g/mol. The molecule has 2 aliphatic heterocycles. The van der Waals surface area contributed by atoms with Crippen LogP contribution in [0, 0.1) is 11.3 Å². The maximum absolute atomic E-state index is 13.9. The molecule has 0 bridgehead atoms. The molecule has 10 heteroatoms. The first-order valence-electron chi connectivity index (χ1n) is 13.2. The van der Waals surface area contributed by atoms with Gasteiger partial charge < -0.3 is 15.5 Å². The van der Waals surface area contributed by atoms with Gasteiger partial charge in [-0.3, -0.25) is 9.36 Å². The van der Waals surface area contributed by atoms with Crippen LogP contribution < -0.4 is 11.3 Å². The van der Waals surface area contributed by atoms with Crippen LogP contribution >= 0.6 is 0 Å². The second-order valence-electron chi connectivity index (χ2n) is 10.9. The molecular formula is C27H34F3N5O2. The van der Waals surface area contributed by atoms with Crippen molar-refractivity contribution < 1.29 is 18.0 Å². The summed E-state index contributed by atoms with van der Waals surface area (Å²) in [6.45, 7) is 2.08. The number of carbonyl (C=O) groups excluding carboxylic acids is 1. The molecular weight excluding hydrogens is 483 g/mol. The largest absolute Gasteiger partial charge is 0.433 e. The zero-order valence-corrected chi connectivity index (χ0v) is 20.9. The summed E-state index contributed by atoms with van der Waals surface area (Å²) in [6.07, 6.45) is 2.53. The van der Waals surface area contributed by atoms with Gasteiger partial charge in [0.25, 0.3) is 5.56 Å². The highest BCUT2D eigenvalue weighted by Crippen LogP contribution is 2.49. The Kier molecular flexibility index (Phi) is 7.04. The summed E-state index contributed by atoms with van der Waals surface area (Å²) in [7, 11) is 0. The Morgan fingerprint density at radius 2 is 1.84 bits per heavy atom. The molecule has 1 spiro atoms. The van der Waals surface area contributed by atoms with Crippen molar-refractivity contribution in [1.82, 2.24) is 19.4 Å². The normalized spacial score (nSPS) is 26.0. The Bertz CT molecular complexity index is 1160. The number of urea groups is 1. The van der Waals surface area contributed by atoms with Crippen LogP contribution in [0.3, 0.4) is 0 Å². The number of alkyl halides is 3. The molecule has 1 unspecified atom stereocenters. The molecule has 3 atom stereocenters. The minimum Gasteiger partial charge on any atom is -0.328 e. The lowest BCUT2D eigenvalue weighted by atomic mass is 9.69. The number of benzene rings is 1. The summed E-state index contributed by atoms with van der Waals surface area (Å²) in [4.78, 5) is 33.8. The van der Waals surface area contributed by atoms with Crippen molar-refractivity contribution >= 4 is 6.03 Å². The topological polar surface area (TPSA) is 84.5 Å². The fraction of sp³-hybridized carbons (Fsp3) is 0.593. The van der Waals surface area contributed by atoms with Gasteiger partial charge in [-0.15, -0.1) is 0 Å². The van der Waals surface area contributed by atoms with Crippen molar-refractivity contribution in [2.75, 3.05) is 19.6 Å². The number of halogens is 3. The predicted molar refractivity (Wildman–Crippen MR) is 133 cm³/mol. The van der Waals surface area contributed by atoms with E-state index in [9.17, 15) is 22.8 Å². The average Bonchev–Trinajstić information content (AvgIpc) is 3.34. The van der Waals surface area contributed by atoms with Gasteiger partial charge >= 0.3 is 12.2 Å². The summed E-state index contributed by atoms with van der Waals surface area (Å²) in [6, 6.07) is 10.6. The van der Waals surface area contributed by atoms with E-state index in [1.54, 1.807) is 0 Å². The lowest BCUT2D eigenvalue weighted by Gasteiger charge is -2.49. The summed E-state index contributed by atoms with van der Waals surface area (Å²) >= 11 is 0. The minimum absolute atomic E-state index is 0.0267. The van der Waals surface area contributed by atoms with E-state index in [0.29, 0.717) is 38.7 Å². The standard InChI is InChI=1S/C27H34F3N5O2/c28-27(29,30)23-15-24(36)34(18-32-23)16-20-8-12-33(17-26(20)10-4-5-11-26)25(37)35-13-9-21(31)14-22(35)19-6-2-1-3-7-19/h1-3,6-7,15,18,20-22H,4-5,8-14,16-17,31H2/t20?,21-,22+/m1/s1. The van der Waals surface area contributed by atoms with Crippen LogP contribution in [0.2, 0.25) is 0 Å². The quantitative estimate of drug-likeness (QED) is 0.653. The number of likely N-dealkylation sites (tertiary alicyclic amines) is 2. The molecule has 200 valence electrons. The van der Waals surface area contributed by atoms with Crippen molar-refractivity contribution in [3.63, 3.8) is 0 Å². The summed E-state index contributed by atoms with van der Waals surface area (Å²) in [5.41, 5.74) is 5.37. The third kappa shape index (κ3) is 5.26. The molecule has 7 nitrogen and oxygen atoms in total. The number of nitrogens with two attached hydrogens (primary N) is 1. The van der Waals surface area contributed by atoms with Crippen molar-refractivity contribution in [2.24, 2.45) is 17.1 Å². The third-order valence-corrected chi connectivity index (χ3v) is 8.65. The first-order valence-corrected chi connectivity index (χ1v) is 13.2. The number of carbonyl (C=O) groups is 1. The number of piperidine rings is 2. The zero-order chi connectivity index (χ0) is 26.2. The van der Waals surface area contributed by atoms with Crippen molar-refractivity contribution in [3.05, 3.63) is 64.3 Å². The van der Waals surface area contributed by atoms with Gasteiger partial charge in [-0.1, -0.05) is 43.2 Å². The van der Waals surface area contributed by atoms with E-state index >= 15 is 0 Å². The van der Waals surface area contributed by atoms with E-state index in [-0.39, 0.29) is 29.4 Å². The summed E-state index contributed by atoms with van der Waals surface area (Å²) in [5.74, 6) is 0.0926. The molecule has 3 aliphatic rings. The summed E-state index contributed by atoms with van der Waals surface area (Å²) < 4.78 is 40.2. The van der Waals surface area contributed by atoms with E-state index in [1.165, 1.54) is 4.57 Å². The first kappa shape index (κ1) is 25.8. The van der Waals surface area contributed by atoms with Gasteiger partial charge in [-0.2, -0.15) is 13.2 Å². The van der Waals surface area contributed by atoms with Gasteiger partial charge in [0.1, 0.15) is 0 Å². The molecule has 1 aromatic carbocycles. The molecule has 2 amide bonds. The predicted octanol–water partition coefficient (Wildman–Crippen LogP) is 4.43. The molecule has 2 N–H and O–H groups in total. The number of hydrogen-bond donors (Lipinski definition) is 1. The molecule has 1 aromatic heterocycles. The van der Waals surface area contributed by atoms with Gasteiger partial charge in [0.15, 0.2) is 5.69 Å². The van der Waals surface area contributed by atoms with E-state index in [0.717, 1.165) is 50.4 Å². The number of amides is 2. The van der Waals surface area contributed by atoms with Crippen LogP contribution in [0.5, 0.6) is 0 Å². The number of rotatable bonds is 3. The molecule has 37 heavy (non-hydrogen) atoms. The van der Waals surface area contributed by atoms with Gasteiger partial charge in [-0.25, -0.2) is 9.78 Å². The smallest absolute Gasteiger partial charge is 0.328 e. The van der Waals surface area contributed by atoms with E-state index in [1.807, 2.05) is 40.1 Å². The van der Waals surface area contributed by atoms with Crippen LogP contribution in [0.4, 0.5) is 18.0 Å². The fourth-order valence-corrected chi connectivity index (χ4v) is 6.65. The van der Waals surface area contributed by atoms with Gasteiger partial charge in [0.2, 0.25) is 0 Å². The average molecular weight is 518 g/mol. The zero-order valence-electron chi connectivity index (χ0n) is 20.9. The van der Waals surface area contributed by atoms with Gasteiger partial charge in [-0.05, 0) is 49.0 Å². The molecule has 5 rings (SSSR count). The number of nitrogens with zero attached hydrogens (tertiary/aromatic N) is 4. The molecule has 1 saturated carbocycles. The Balaban J connectivity index is 1.34. The third-order valence-electron chi connectivity index (χ3n) is 8.65. The van der Waals surface area contributed by atoms with Crippen molar-refractivity contribution in [2.45, 2.75) is 69.8 Å². The second-order valence-corrected chi connectivity index (χ2v) is 10.9. The van der Waals surface area contributed by atoms with Gasteiger partial charge in [0, 0.05) is 38.3 Å². The lowest BCUT2D eigenvalue weighted by Crippen LogP contribution is -2.56. The molecule has 0 radical (unpaired) electrons. The first-order chi connectivity index (χ1) is 17.7. The Morgan fingerprint density at radius 3 is 2.51 bits per heavy atom. The Morgan fingerprint density at radius 1 is 1.11 bits per heavy atom. The Labute approximate surface area is 214 Å². The molecule has 3 fully saturated rings. The van der Waals surface area contributed by atoms with E-state index < -0.39 is 17.4 Å². The highest BCUT2D eigenvalue weighted by molar-refractivity contribution is 5.75. The lowest BCUT2D eigenvalue weighted by molar-refractivity contribution is -0.141. The van der Waals surface area contributed by atoms with Crippen LogP contribution in [0.25, 0.3) is 0 Å². The fourth-order valence-electron chi connectivity index (χ4n) is 6.65. The van der Waals surface area contributed by atoms with E-state index in [2.05, 4.69) is 4.98 Å². The van der Waals surface area contributed by atoms with Gasteiger partial charge in [0.05, 0.1) is 12.4 Å². The highest BCUT2D eigenvalue weighted by atomic mass is 19.4. The van der Waals surface area contributed by atoms with Crippen LogP contribution in [0.15, 0.2) is 47.5 Å².